The molecule has 1 aliphatic heterocycles. The van der Waals surface area contributed by atoms with Gasteiger partial charge in [0.1, 0.15) is 5.82 Å². The number of piperidine rings is 1. The minimum Gasteiger partial charge on any atom is -0.365 e. The molecular weight excluding hydrogens is 386 g/mol. The van der Waals surface area contributed by atoms with Crippen LogP contribution < -0.4 is 5.32 Å². The minimum absolute atomic E-state index is 0.515. The first-order valence-electron chi connectivity index (χ1n) is 11.0. The fourth-order valence-corrected chi connectivity index (χ4v) is 5.07. The Hall–Kier alpha value is -3.19. The fourth-order valence-electron chi connectivity index (χ4n) is 5.07. The van der Waals surface area contributed by atoms with Crippen LogP contribution in [0.3, 0.4) is 0 Å². The second-order valence-electron chi connectivity index (χ2n) is 9.15. The molecule has 2 N–H and O–H groups in total. The van der Waals surface area contributed by atoms with Crippen LogP contribution in [-0.4, -0.2) is 49.0 Å². The minimum atomic E-state index is 0.515. The predicted octanol–water partition coefficient (Wildman–Crippen LogP) is 3.52. The summed E-state index contributed by atoms with van der Waals surface area (Å²) >= 11 is 0. The highest BCUT2D eigenvalue weighted by molar-refractivity contribution is 5.85. The molecule has 1 unspecified atom stereocenters. The molecule has 3 atom stereocenters. The van der Waals surface area contributed by atoms with Crippen molar-refractivity contribution in [1.82, 2.24) is 29.9 Å². The molecule has 6 rings (SSSR count). The van der Waals surface area contributed by atoms with Crippen LogP contribution in [0.2, 0.25) is 0 Å². The number of aromatic amines is 1. The summed E-state index contributed by atoms with van der Waals surface area (Å²) in [5.41, 5.74) is 6.69. The maximum atomic E-state index is 4.59. The average molecular weight is 414 g/mol. The van der Waals surface area contributed by atoms with E-state index < -0.39 is 0 Å². The summed E-state index contributed by atoms with van der Waals surface area (Å²) < 4.78 is 1.95. The van der Waals surface area contributed by atoms with Gasteiger partial charge in [0.25, 0.3) is 0 Å². The fraction of sp³-hybridized carbons (Fsp3) is 0.375. The average Bonchev–Trinajstić information content (AvgIpc) is 3.10. The summed E-state index contributed by atoms with van der Waals surface area (Å²) in [4.78, 5) is 5.88. The van der Waals surface area contributed by atoms with Crippen molar-refractivity contribution in [3.8, 4) is 11.3 Å². The quantitative estimate of drug-likeness (QED) is 0.524. The monoisotopic (exact) mass is 413 g/mol. The van der Waals surface area contributed by atoms with Gasteiger partial charge in [0.05, 0.1) is 11.4 Å². The molecule has 7 heteroatoms. The van der Waals surface area contributed by atoms with Gasteiger partial charge in [-0.05, 0) is 62.1 Å². The number of nitrogens with one attached hydrogen (secondary N) is 2. The van der Waals surface area contributed by atoms with Gasteiger partial charge in [0.15, 0.2) is 0 Å². The number of aryl methyl sites for hydroxylation is 3. The molecule has 0 bridgehead atoms. The molecule has 1 aromatic carbocycles. The number of benzene rings is 1. The number of fused-ring (bicyclic) bond motifs is 2. The van der Waals surface area contributed by atoms with E-state index >= 15 is 0 Å². The van der Waals surface area contributed by atoms with Gasteiger partial charge >= 0.3 is 0 Å². The normalized spacial score (nSPS) is 22.7. The van der Waals surface area contributed by atoms with Crippen molar-refractivity contribution in [1.29, 1.82) is 0 Å². The van der Waals surface area contributed by atoms with Crippen molar-refractivity contribution in [3.63, 3.8) is 0 Å². The van der Waals surface area contributed by atoms with Gasteiger partial charge in [0, 0.05) is 60.6 Å². The SMILES string of the molecule is Cc1cc2cc(-c3ccc(NC4[C@H]5CN(Cc6cc(C)n(C)n6)C[C@@H]45)nn3)ccc2[nH]1. The number of anilines is 1. The van der Waals surface area contributed by atoms with E-state index in [1.165, 1.54) is 22.5 Å². The molecule has 0 amide bonds. The summed E-state index contributed by atoms with van der Waals surface area (Å²) in [6, 6.07) is 15.3. The smallest absolute Gasteiger partial charge is 0.148 e. The molecular formula is C24H27N7. The standard InChI is InChI=1S/C24H27N7/c1-14-8-17-10-16(4-5-21(17)25-14)22-6-7-23(28-27-22)26-24-19-12-31(13-20(19)24)11-18-9-15(2)30(3)29-18/h4-10,19-20,24-25H,11-13H2,1-3H3,(H,26,28)/t19-,20+,24?. The van der Waals surface area contributed by atoms with E-state index in [4.69, 9.17) is 0 Å². The van der Waals surface area contributed by atoms with Gasteiger partial charge in [-0.2, -0.15) is 5.10 Å². The molecule has 0 radical (unpaired) electrons. The maximum Gasteiger partial charge on any atom is 0.148 e. The summed E-state index contributed by atoms with van der Waals surface area (Å²) in [6.07, 6.45) is 0. The number of H-pyrrole nitrogens is 1. The van der Waals surface area contributed by atoms with Crippen LogP contribution in [0.1, 0.15) is 17.1 Å². The predicted molar refractivity (Wildman–Crippen MR) is 122 cm³/mol. The molecule has 1 aliphatic carbocycles. The second-order valence-corrected chi connectivity index (χ2v) is 9.15. The Morgan fingerprint density at radius 3 is 2.58 bits per heavy atom. The highest BCUT2D eigenvalue weighted by Crippen LogP contribution is 2.47. The Bertz CT molecular complexity index is 1220. The first-order chi connectivity index (χ1) is 15.0. The summed E-state index contributed by atoms with van der Waals surface area (Å²) in [6.45, 7) is 7.37. The lowest BCUT2D eigenvalue weighted by molar-refractivity contribution is 0.288. The zero-order valence-electron chi connectivity index (χ0n) is 18.1. The Morgan fingerprint density at radius 2 is 1.87 bits per heavy atom. The zero-order chi connectivity index (χ0) is 21.1. The van der Waals surface area contributed by atoms with E-state index in [9.17, 15) is 0 Å². The number of hydrogen-bond donors (Lipinski definition) is 2. The number of likely N-dealkylation sites (tertiary alicyclic amines) is 1. The maximum absolute atomic E-state index is 4.59. The van der Waals surface area contributed by atoms with Gasteiger partial charge in [-0.15, -0.1) is 10.2 Å². The molecule has 7 nitrogen and oxygen atoms in total. The van der Waals surface area contributed by atoms with Crippen LogP contribution in [-0.2, 0) is 13.6 Å². The third-order valence-electron chi connectivity index (χ3n) is 6.85. The first-order valence-corrected chi connectivity index (χ1v) is 11.0. The zero-order valence-corrected chi connectivity index (χ0v) is 18.1. The third-order valence-corrected chi connectivity index (χ3v) is 6.85. The van der Waals surface area contributed by atoms with Crippen molar-refractivity contribution in [3.05, 3.63) is 59.5 Å². The first kappa shape index (κ1) is 18.6. The summed E-state index contributed by atoms with van der Waals surface area (Å²) in [5.74, 6) is 2.27. The van der Waals surface area contributed by atoms with Gasteiger partial charge in [0.2, 0.25) is 0 Å². The Balaban J connectivity index is 1.07. The molecule has 1 saturated heterocycles. The van der Waals surface area contributed by atoms with Gasteiger partial charge in [-0.3, -0.25) is 9.58 Å². The molecule has 31 heavy (non-hydrogen) atoms. The van der Waals surface area contributed by atoms with E-state index in [1.54, 1.807) is 0 Å². The Labute approximate surface area is 181 Å². The van der Waals surface area contributed by atoms with Crippen molar-refractivity contribution in [2.45, 2.75) is 26.4 Å². The van der Waals surface area contributed by atoms with Gasteiger partial charge in [-0.1, -0.05) is 6.07 Å². The Kier molecular flexibility index (Phi) is 4.14. The molecule has 4 aromatic rings. The van der Waals surface area contributed by atoms with Crippen LogP contribution in [0.5, 0.6) is 0 Å². The molecule has 3 aromatic heterocycles. The van der Waals surface area contributed by atoms with E-state index in [-0.39, 0.29) is 0 Å². The van der Waals surface area contributed by atoms with Gasteiger partial charge in [-0.25, -0.2) is 0 Å². The van der Waals surface area contributed by atoms with Crippen molar-refractivity contribution in [2.75, 3.05) is 18.4 Å². The molecule has 2 fully saturated rings. The molecule has 2 aliphatic rings. The largest absolute Gasteiger partial charge is 0.365 e. The molecule has 1 saturated carbocycles. The van der Waals surface area contributed by atoms with Crippen LogP contribution in [0.4, 0.5) is 5.82 Å². The number of rotatable bonds is 5. The lowest BCUT2D eigenvalue weighted by Crippen LogP contribution is -2.28. The van der Waals surface area contributed by atoms with Crippen molar-refractivity contribution < 1.29 is 0 Å². The lowest BCUT2D eigenvalue weighted by atomic mass is 10.1. The van der Waals surface area contributed by atoms with Crippen LogP contribution in [0.25, 0.3) is 22.2 Å². The van der Waals surface area contributed by atoms with E-state index in [0.29, 0.717) is 17.9 Å². The van der Waals surface area contributed by atoms with E-state index in [2.05, 4.69) is 86.8 Å². The third kappa shape index (κ3) is 3.39. The van der Waals surface area contributed by atoms with Crippen molar-refractivity contribution >= 4 is 16.7 Å². The van der Waals surface area contributed by atoms with E-state index in [0.717, 1.165) is 42.2 Å². The van der Waals surface area contributed by atoms with Crippen LogP contribution >= 0.6 is 0 Å². The highest BCUT2D eigenvalue weighted by Gasteiger charge is 2.55. The Morgan fingerprint density at radius 1 is 1.03 bits per heavy atom. The number of hydrogen-bond acceptors (Lipinski definition) is 5. The van der Waals surface area contributed by atoms with Crippen molar-refractivity contribution in [2.24, 2.45) is 18.9 Å². The number of nitrogens with zero attached hydrogens (tertiary/aromatic N) is 5. The second kappa shape index (κ2) is 6.92. The van der Waals surface area contributed by atoms with E-state index in [1.807, 2.05) is 11.7 Å². The molecule has 158 valence electrons. The highest BCUT2D eigenvalue weighted by atomic mass is 15.3. The molecule has 4 heterocycles. The summed E-state index contributed by atoms with van der Waals surface area (Å²) in [5, 5.41) is 18.3. The number of aromatic nitrogens is 5. The summed E-state index contributed by atoms with van der Waals surface area (Å²) in [7, 11) is 2.01. The lowest BCUT2D eigenvalue weighted by Gasteiger charge is -2.18. The van der Waals surface area contributed by atoms with Crippen LogP contribution in [0, 0.1) is 25.7 Å². The van der Waals surface area contributed by atoms with Gasteiger partial charge < -0.3 is 10.3 Å². The van der Waals surface area contributed by atoms with Crippen LogP contribution in [0.15, 0.2) is 42.5 Å². The molecule has 0 spiro atoms. The topological polar surface area (TPSA) is 74.7 Å².